The second kappa shape index (κ2) is 7.68. The van der Waals surface area contributed by atoms with Crippen LogP contribution in [-0.4, -0.2) is 35.9 Å². The first-order chi connectivity index (χ1) is 10.0. The lowest BCUT2D eigenvalue weighted by molar-refractivity contribution is -0.116. The monoisotopic (exact) mass is 327 g/mol. The van der Waals surface area contributed by atoms with Gasteiger partial charge in [-0.3, -0.25) is 9.59 Å². The van der Waals surface area contributed by atoms with E-state index in [1.165, 1.54) is 6.92 Å². The van der Waals surface area contributed by atoms with Crippen molar-refractivity contribution >= 4 is 46.6 Å². The van der Waals surface area contributed by atoms with Crippen molar-refractivity contribution in [2.24, 2.45) is 0 Å². The lowest BCUT2D eigenvalue weighted by Crippen LogP contribution is -2.39. The fourth-order valence-electron chi connectivity index (χ4n) is 2.08. The Bertz CT molecular complexity index is 533. The van der Waals surface area contributed by atoms with Crippen LogP contribution in [0.25, 0.3) is 0 Å². The Kier molecular flexibility index (Phi) is 5.90. The number of carbonyl (C=O) groups excluding carboxylic acids is 2. The molecule has 1 fully saturated rings. The number of thioether (sulfide) groups is 1. The predicted octanol–water partition coefficient (Wildman–Crippen LogP) is 2.33. The van der Waals surface area contributed by atoms with Gasteiger partial charge in [0.1, 0.15) is 0 Å². The number of amides is 2. The second-order valence-electron chi connectivity index (χ2n) is 4.85. The molecule has 1 unspecified atom stereocenters. The lowest BCUT2D eigenvalue weighted by atomic mass is 10.2. The summed E-state index contributed by atoms with van der Waals surface area (Å²) < 4.78 is 0. The molecule has 7 heteroatoms. The van der Waals surface area contributed by atoms with E-state index in [4.69, 9.17) is 11.6 Å². The highest BCUT2D eigenvalue weighted by Gasteiger charge is 2.17. The fraction of sp³-hybridized carbons (Fsp3) is 0.429. The van der Waals surface area contributed by atoms with Crippen LogP contribution >= 0.6 is 23.4 Å². The number of benzene rings is 1. The Morgan fingerprint density at radius 2 is 2.24 bits per heavy atom. The van der Waals surface area contributed by atoms with Crippen LogP contribution in [0.4, 0.5) is 11.4 Å². The van der Waals surface area contributed by atoms with Crippen molar-refractivity contribution in [3.63, 3.8) is 0 Å². The molecule has 0 aliphatic carbocycles. The van der Waals surface area contributed by atoms with Crippen LogP contribution in [0.2, 0.25) is 5.02 Å². The Morgan fingerprint density at radius 3 is 2.90 bits per heavy atom. The molecule has 0 bridgehead atoms. The Labute approximate surface area is 133 Å². The van der Waals surface area contributed by atoms with Gasteiger partial charge >= 0.3 is 0 Å². The maximum absolute atomic E-state index is 12.1. The summed E-state index contributed by atoms with van der Waals surface area (Å²) in [5, 5.41) is 9.23. The zero-order chi connectivity index (χ0) is 15.2. The summed E-state index contributed by atoms with van der Waals surface area (Å²) >= 11 is 7.92. The SMILES string of the molecule is CC(=O)Nc1ccc(Cl)c(NC(=O)CC2CSCCN2)c1. The fourth-order valence-corrected chi connectivity index (χ4v) is 3.19. The smallest absolute Gasteiger partial charge is 0.226 e. The molecule has 1 aliphatic rings. The quantitative estimate of drug-likeness (QED) is 0.794. The molecule has 1 heterocycles. The van der Waals surface area contributed by atoms with Gasteiger partial charge in [-0.1, -0.05) is 11.6 Å². The molecule has 2 rings (SSSR count). The molecule has 1 aromatic rings. The van der Waals surface area contributed by atoms with Gasteiger partial charge in [-0.15, -0.1) is 0 Å². The van der Waals surface area contributed by atoms with E-state index < -0.39 is 0 Å². The summed E-state index contributed by atoms with van der Waals surface area (Å²) in [6, 6.07) is 5.20. The Hall–Kier alpha value is -1.24. The Morgan fingerprint density at radius 1 is 1.43 bits per heavy atom. The lowest BCUT2D eigenvalue weighted by Gasteiger charge is -2.22. The van der Waals surface area contributed by atoms with Gasteiger partial charge in [0.25, 0.3) is 0 Å². The highest BCUT2D eigenvalue weighted by Crippen LogP contribution is 2.26. The highest BCUT2D eigenvalue weighted by atomic mass is 35.5. The van der Waals surface area contributed by atoms with Crippen LogP contribution in [-0.2, 0) is 9.59 Å². The molecular formula is C14H18ClN3O2S. The average Bonchev–Trinajstić information content (AvgIpc) is 2.43. The number of rotatable bonds is 4. The summed E-state index contributed by atoms with van der Waals surface area (Å²) in [6.45, 7) is 2.36. The van der Waals surface area contributed by atoms with Crippen LogP contribution in [0.3, 0.4) is 0 Å². The van der Waals surface area contributed by atoms with Crippen molar-refractivity contribution < 1.29 is 9.59 Å². The van der Waals surface area contributed by atoms with Gasteiger partial charge in [0.15, 0.2) is 0 Å². The molecule has 1 aromatic carbocycles. The number of hydrogen-bond donors (Lipinski definition) is 3. The first-order valence-electron chi connectivity index (χ1n) is 6.72. The van der Waals surface area contributed by atoms with Crippen LogP contribution < -0.4 is 16.0 Å². The zero-order valence-electron chi connectivity index (χ0n) is 11.7. The molecule has 0 radical (unpaired) electrons. The summed E-state index contributed by atoms with van der Waals surface area (Å²) in [7, 11) is 0. The van der Waals surface area contributed by atoms with Crippen molar-refractivity contribution in [1.82, 2.24) is 5.32 Å². The van der Waals surface area contributed by atoms with Gasteiger partial charge in [0.2, 0.25) is 11.8 Å². The summed E-state index contributed by atoms with van der Waals surface area (Å²) in [5.41, 5.74) is 1.12. The first-order valence-corrected chi connectivity index (χ1v) is 8.26. The van der Waals surface area contributed by atoms with Crippen LogP contribution in [0.1, 0.15) is 13.3 Å². The number of nitrogens with one attached hydrogen (secondary N) is 3. The van der Waals surface area contributed by atoms with E-state index in [2.05, 4.69) is 16.0 Å². The number of halogens is 1. The predicted molar refractivity (Wildman–Crippen MR) is 88.1 cm³/mol. The number of hydrogen-bond acceptors (Lipinski definition) is 4. The third kappa shape index (κ3) is 5.22. The molecule has 2 amide bonds. The first kappa shape index (κ1) is 16.1. The van der Waals surface area contributed by atoms with Gasteiger partial charge < -0.3 is 16.0 Å². The topological polar surface area (TPSA) is 70.2 Å². The van der Waals surface area contributed by atoms with Crippen molar-refractivity contribution in [3.05, 3.63) is 23.2 Å². The van der Waals surface area contributed by atoms with Gasteiger partial charge in [0, 0.05) is 43.1 Å². The molecule has 1 atom stereocenters. The molecule has 1 saturated heterocycles. The average molecular weight is 328 g/mol. The van der Waals surface area contributed by atoms with Crippen molar-refractivity contribution in [2.75, 3.05) is 28.7 Å². The maximum atomic E-state index is 12.1. The summed E-state index contributed by atoms with van der Waals surface area (Å²) in [6.07, 6.45) is 0.410. The highest BCUT2D eigenvalue weighted by molar-refractivity contribution is 7.99. The third-order valence-corrected chi connectivity index (χ3v) is 4.45. The second-order valence-corrected chi connectivity index (χ2v) is 6.41. The van der Waals surface area contributed by atoms with Crippen molar-refractivity contribution in [2.45, 2.75) is 19.4 Å². The van der Waals surface area contributed by atoms with E-state index in [0.29, 0.717) is 22.8 Å². The Balaban J connectivity index is 1.97. The molecule has 3 N–H and O–H groups in total. The largest absolute Gasteiger partial charge is 0.326 e. The van der Waals surface area contributed by atoms with Gasteiger partial charge in [-0.25, -0.2) is 0 Å². The minimum atomic E-state index is -0.168. The van der Waals surface area contributed by atoms with Gasteiger partial charge in [0.05, 0.1) is 10.7 Å². The zero-order valence-corrected chi connectivity index (χ0v) is 13.3. The number of carbonyl (C=O) groups is 2. The van der Waals surface area contributed by atoms with E-state index in [1.807, 2.05) is 11.8 Å². The van der Waals surface area contributed by atoms with Crippen molar-refractivity contribution in [3.8, 4) is 0 Å². The third-order valence-electron chi connectivity index (χ3n) is 2.99. The van der Waals surface area contributed by atoms with Crippen LogP contribution in [0, 0.1) is 0 Å². The van der Waals surface area contributed by atoms with E-state index in [1.54, 1.807) is 18.2 Å². The van der Waals surface area contributed by atoms with Crippen LogP contribution in [0.15, 0.2) is 18.2 Å². The minimum absolute atomic E-state index is 0.0862. The molecule has 5 nitrogen and oxygen atoms in total. The van der Waals surface area contributed by atoms with E-state index in [0.717, 1.165) is 18.1 Å². The summed E-state index contributed by atoms with van der Waals surface area (Å²) in [4.78, 5) is 23.1. The van der Waals surface area contributed by atoms with E-state index in [-0.39, 0.29) is 17.9 Å². The number of anilines is 2. The van der Waals surface area contributed by atoms with E-state index in [9.17, 15) is 9.59 Å². The van der Waals surface area contributed by atoms with Gasteiger partial charge in [-0.2, -0.15) is 11.8 Å². The molecule has 114 valence electrons. The van der Waals surface area contributed by atoms with Crippen LogP contribution in [0.5, 0.6) is 0 Å². The summed E-state index contributed by atoms with van der Waals surface area (Å²) in [5.74, 6) is 1.77. The molecule has 21 heavy (non-hydrogen) atoms. The standard InChI is InChI=1S/C14H18ClN3O2S/c1-9(19)17-10-2-3-12(15)13(6-10)18-14(20)7-11-8-21-5-4-16-11/h2-3,6,11,16H,4-5,7-8H2,1H3,(H,17,19)(H,18,20). The normalized spacial score (nSPS) is 18.1. The van der Waals surface area contributed by atoms with E-state index >= 15 is 0 Å². The molecule has 0 aromatic heterocycles. The van der Waals surface area contributed by atoms with Gasteiger partial charge in [-0.05, 0) is 18.2 Å². The molecular weight excluding hydrogens is 310 g/mol. The van der Waals surface area contributed by atoms with Crippen molar-refractivity contribution in [1.29, 1.82) is 0 Å². The molecule has 0 saturated carbocycles. The molecule has 0 spiro atoms. The molecule has 1 aliphatic heterocycles. The minimum Gasteiger partial charge on any atom is -0.326 e. The maximum Gasteiger partial charge on any atom is 0.226 e.